The molecule has 0 saturated heterocycles. The number of hydrogen-bond donors (Lipinski definition) is 0. The van der Waals surface area contributed by atoms with Gasteiger partial charge in [0.05, 0.1) is 6.10 Å². The number of aryl methyl sites for hydroxylation is 1. The van der Waals surface area contributed by atoms with Gasteiger partial charge < -0.3 is 4.74 Å². The van der Waals surface area contributed by atoms with Crippen LogP contribution >= 0.6 is 0 Å². The number of ether oxygens (including phenoxy) is 1. The van der Waals surface area contributed by atoms with Crippen molar-refractivity contribution < 1.29 is 9.13 Å². The van der Waals surface area contributed by atoms with E-state index >= 15 is 0 Å². The Morgan fingerprint density at radius 1 is 1.29 bits per heavy atom. The highest BCUT2D eigenvalue weighted by molar-refractivity contribution is 5.32. The molecule has 2 heteroatoms. The molecule has 0 fully saturated rings. The molecule has 0 amide bonds. The van der Waals surface area contributed by atoms with Gasteiger partial charge in [-0.1, -0.05) is 13.8 Å². The third-order valence-corrected chi connectivity index (χ3v) is 2.34. The van der Waals surface area contributed by atoms with Crippen LogP contribution in [0.25, 0.3) is 0 Å². The highest BCUT2D eigenvalue weighted by Crippen LogP contribution is 2.21. The lowest BCUT2D eigenvalue weighted by atomic mass is 10.2. The first-order valence-electron chi connectivity index (χ1n) is 5.10. The third-order valence-electron chi connectivity index (χ3n) is 2.34. The van der Waals surface area contributed by atoms with Gasteiger partial charge in [0.15, 0.2) is 0 Å². The Hall–Kier alpha value is -1.05. The molecule has 0 heterocycles. The normalized spacial score (nSPS) is 10.6. The fourth-order valence-electron chi connectivity index (χ4n) is 1.38. The molecule has 0 aliphatic rings. The fraction of sp³-hybridized carbons (Fsp3) is 0.500. The van der Waals surface area contributed by atoms with Crippen molar-refractivity contribution >= 4 is 0 Å². The van der Waals surface area contributed by atoms with Crippen molar-refractivity contribution in [3.8, 4) is 5.75 Å². The van der Waals surface area contributed by atoms with E-state index in [1.165, 1.54) is 12.1 Å². The second-order valence-corrected chi connectivity index (χ2v) is 3.47. The van der Waals surface area contributed by atoms with Crippen molar-refractivity contribution in [1.82, 2.24) is 0 Å². The van der Waals surface area contributed by atoms with Gasteiger partial charge in [-0.3, -0.25) is 0 Å². The van der Waals surface area contributed by atoms with Crippen LogP contribution in [-0.4, -0.2) is 6.10 Å². The first kappa shape index (κ1) is 11.0. The van der Waals surface area contributed by atoms with Crippen molar-refractivity contribution in [2.24, 2.45) is 0 Å². The van der Waals surface area contributed by atoms with Gasteiger partial charge >= 0.3 is 0 Å². The van der Waals surface area contributed by atoms with Crippen molar-refractivity contribution in [1.29, 1.82) is 0 Å². The molecule has 0 spiro atoms. The van der Waals surface area contributed by atoms with Crippen molar-refractivity contribution in [2.45, 2.75) is 39.7 Å². The minimum Gasteiger partial charge on any atom is -0.490 e. The molecule has 0 radical (unpaired) electrons. The standard InChI is InChI=1S/C12H17FO/c1-4-11(5-2)14-12-7-6-10(13)8-9(12)3/h6-8,11H,4-5H2,1-3H3. The van der Waals surface area contributed by atoms with E-state index in [0.717, 1.165) is 24.2 Å². The zero-order valence-electron chi connectivity index (χ0n) is 9.01. The molecular formula is C12H17FO. The molecular weight excluding hydrogens is 179 g/mol. The maximum absolute atomic E-state index is 12.8. The van der Waals surface area contributed by atoms with Crippen LogP contribution in [0, 0.1) is 12.7 Å². The Morgan fingerprint density at radius 3 is 2.43 bits per heavy atom. The Bertz CT molecular complexity index is 292. The van der Waals surface area contributed by atoms with Crippen LogP contribution in [-0.2, 0) is 0 Å². The summed E-state index contributed by atoms with van der Waals surface area (Å²) in [7, 11) is 0. The molecule has 1 rings (SSSR count). The van der Waals surface area contributed by atoms with E-state index in [1.54, 1.807) is 6.07 Å². The van der Waals surface area contributed by atoms with Crippen LogP contribution in [0.3, 0.4) is 0 Å². The highest BCUT2D eigenvalue weighted by atomic mass is 19.1. The summed E-state index contributed by atoms with van der Waals surface area (Å²) in [5.41, 5.74) is 0.858. The summed E-state index contributed by atoms with van der Waals surface area (Å²) in [4.78, 5) is 0. The van der Waals surface area contributed by atoms with Gasteiger partial charge in [-0.05, 0) is 43.5 Å². The molecule has 0 unspecified atom stereocenters. The lowest BCUT2D eigenvalue weighted by Crippen LogP contribution is -2.14. The summed E-state index contributed by atoms with van der Waals surface area (Å²) < 4.78 is 18.5. The number of hydrogen-bond acceptors (Lipinski definition) is 1. The number of halogens is 1. The maximum atomic E-state index is 12.8. The number of benzene rings is 1. The summed E-state index contributed by atoms with van der Waals surface area (Å²) >= 11 is 0. The second kappa shape index (κ2) is 4.99. The average Bonchev–Trinajstić information content (AvgIpc) is 2.17. The third kappa shape index (κ3) is 2.72. The molecule has 0 aliphatic heterocycles. The molecule has 14 heavy (non-hydrogen) atoms. The molecule has 0 atom stereocenters. The lowest BCUT2D eigenvalue weighted by molar-refractivity contribution is 0.191. The number of rotatable bonds is 4. The first-order chi connectivity index (χ1) is 6.67. The molecule has 1 aromatic rings. The Kier molecular flexibility index (Phi) is 3.93. The van der Waals surface area contributed by atoms with E-state index in [4.69, 9.17) is 4.74 Å². The lowest BCUT2D eigenvalue weighted by Gasteiger charge is -2.17. The molecule has 0 aromatic heterocycles. The van der Waals surface area contributed by atoms with Gasteiger partial charge in [0.1, 0.15) is 11.6 Å². The first-order valence-corrected chi connectivity index (χ1v) is 5.10. The van der Waals surface area contributed by atoms with E-state index in [1.807, 2.05) is 6.92 Å². The molecule has 1 nitrogen and oxygen atoms in total. The van der Waals surface area contributed by atoms with E-state index in [0.29, 0.717) is 0 Å². The molecule has 0 saturated carbocycles. The SMILES string of the molecule is CCC(CC)Oc1ccc(F)cc1C. The van der Waals surface area contributed by atoms with Crippen molar-refractivity contribution in [3.63, 3.8) is 0 Å². The van der Waals surface area contributed by atoms with Crippen LogP contribution in [0.2, 0.25) is 0 Å². The maximum Gasteiger partial charge on any atom is 0.123 e. The van der Waals surface area contributed by atoms with E-state index in [9.17, 15) is 4.39 Å². The van der Waals surface area contributed by atoms with Gasteiger partial charge in [-0.15, -0.1) is 0 Å². The van der Waals surface area contributed by atoms with Crippen LogP contribution in [0.5, 0.6) is 5.75 Å². The molecule has 0 N–H and O–H groups in total. The van der Waals surface area contributed by atoms with E-state index in [2.05, 4.69) is 13.8 Å². The predicted octanol–water partition coefficient (Wildman–Crippen LogP) is 3.70. The van der Waals surface area contributed by atoms with Crippen LogP contribution in [0.4, 0.5) is 4.39 Å². The Labute approximate surface area is 84.9 Å². The minimum atomic E-state index is -0.209. The average molecular weight is 196 g/mol. The Morgan fingerprint density at radius 2 is 1.93 bits per heavy atom. The zero-order chi connectivity index (χ0) is 10.6. The van der Waals surface area contributed by atoms with Crippen LogP contribution in [0.15, 0.2) is 18.2 Å². The summed E-state index contributed by atoms with van der Waals surface area (Å²) in [5.74, 6) is 0.583. The van der Waals surface area contributed by atoms with E-state index in [-0.39, 0.29) is 11.9 Å². The monoisotopic (exact) mass is 196 g/mol. The minimum absolute atomic E-state index is 0.209. The van der Waals surface area contributed by atoms with Crippen LogP contribution < -0.4 is 4.74 Å². The topological polar surface area (TPSA) is 9.23 Å². The summed E-state index contributed by atoms with van der Waals surface area (Å²) in [6, 6.07) is 4.63. The predicted molar refractivity (Wildman–Crippen MR) is 56.1 cm³/mol. The molecule has 0 bridgehead atoms. The molecule has 1 aromatic carbocycles. The van der Waals surface area contributed by atoms with Crippen molar-refractivity contribution in [2.75, 3.05) is 0 Å². The van der Waals surface area contributed by atoms with Gasteiger partial charge in [0, 0.05) is 0 Å². The van der Waals surface area contributed by atoms with Gasteiger partial charge in [-0.25, -0.2) is 4.39 Å². The second-order valence-electron chi connectivity index (χ2n) is 3.47. The van der Waals surface area contributed by atoms with Gasteiger partial charge in [0.25, 0.3) is 0 Å². The fourth-order valence-corrected chi connectivity index (χ4v) is 1.38. The molecule has 0 aliphatic carbocycles. The largest absolute Gasteiger partial charge is 0.490 e. The van der Waals surface area contributed by atoms with Gasteiger partial charge in [0.2, 0.25) is 0 Å². The smallest absolute Gasteiger partial charge is 0.123 e. The zero-order valence-corrected chi connectivity index (χ0v) is 9.01. The quantitative estimate of drug-likeness (QED) is 0.713. The van der Waals surface area contributed by atoms with Gasteiger partial charge in [-0.2, -0.15) is 0 Å². The highest BCUT2D eigenvalue weighted by Gasteiger charge is 2.07. The van der Waals surface area contributed by atoms with Crippen molar-refractivity contribution in [3.05, 3.63) is 29.6 Å². The summed E-state index contributed by atoms with van der Waals surface area (Å²) in [5, 5.41) is 0. The van der Waals surface area contributed by atoms with E-state index < -0.39 is 0 Å². The summed E-state index contributed by atoms with van der Waals surface area (Å²) in [6.45, 7) is 6.04. The van der Waals surface area contributed by atoms with Crippen LogP contribution in [0.1, 0.15) is 32.3 Å². The Balaban J connectivity index is 2.76. The summed E-state index contributed by atoms with van der Waals surface area (Å²) in [6.07, 6.45) is 2.19. The molecule has 78 valence electrons.